The van der Waals surface area contributed by atoms with Crippen molar-refractivity contribution in [3.05, 3.63) is 33.3 Å². The molecule has 3 N–H and O–H groups in total. The summed E-state index contributed by atoms with van der Waals surface area (Å²) in [5, 5.41) is 9.36. The zero-order valence-electron chi connectivity index (χ0n) is 7.71. The van der Waals surface area contributed by atoms with Gasteiger partial charge < -0.3 is 10.8 Å². The predicted octanol–water partition coefficient (Wildman–Crippen LogP) is 2.87. The van der Waals surface area contributed by atoms with Crippen LogP contribution in [0.15, 0.2) is 22.7 Å². The number of nitrogens with two attached hydrogens (primary N) is 1. The van der Waals surface area contributed by atoms with E-state index in [4.69, 9.17) is 22.4 Å². The molecule has 14 heavy (non-hydrogen) atoms. The average molecular weight is 279 g/mol. The fraction of sp³-hybridized carbons (Fsp3) is 0.400. The Bertz CT molecular complexity index is 306. The van der Waals surface area contributed by atoms with E-state index in [1.165, 1.54) is 0 Å². The fourth-order valence-electron chi connectivity index (χ4n) is 1.22. The van der Waals surface area contributed by atoms with Crippen LogP contribution in [0.1, 0.15) is 24.4 Å². The van der Waals surface area contributed by atoms with E-state index in [0.29, 0.717) is 5.02 Å². The topological polar surface area (TPSA) is 46.2 Å². The van der Waals surface area contributed by atoms with Gasteiger partial charge in [0.2, 0.25) is 0 Å². The molecule has 0 aromatic heterocycles. The van der Waals surface area contributed by atoms with Crippen molar-refractivity contribution in [1.82, 2.24) is 0 Å². The number of aliphatic hydroxyl groups excluding tert-OH is 1. The van der Waals surface area contributed by atoms with Crippen LogP contribution in [-0.4, -0.2) is 11.7 Å². The Morgan fingerprint density at radius 1 is 1.50 bits per heavy atom. The second kappa shape index (κ2) is 5.71. The average Bonchev–Trinajstić information content (AvgIpc) is 2.18. The Morgan fingerprint density at radius 3 is 2.79 bits per heavy atom. The molecule has 0 aliphatic carbocycles. The number of rotatable bonds is 4. The van der Waals surface area contributed by atoms with Crippen molar-refractivity contribution in [3.63, 3.8) is 0 Å². The molecular weight excluding hydrogens is 265 g/mol. The number of benzene rings is 1. The van der Waals surface area contributed by atoms with Crippen LogP contribution in [-0.2, 0) is 0 Å². The first kappa shape index (κ1) is 12.0. The van der Waals surface area contributed by atoms with Crippen molar-refractivity contribution in [2.24, 2.45) is 5.73 Å². The molecular formula is C10H13BrClNO. The molecule has 0 amide bonds. The minimum absolute atomic E-state index is 0.0317. The maximum Gasteiger partial charge on any atom is 0.0548 e. The lowest BCUT2D eigenvalue weighted by atomic mass is 10.0. The van der Waals surface area contributed by atoms with Crippen molar-refractivity contribution in [2.75, 3.05) is 6.61 Å². The van der Waals surface area contributed by atoms with Crippen molar-refractivity contribution >= 4 is 27.5 Å². The minimum Gasteiger partial charge on any atom is -0.396 e. The summed E-state index contributed by atoms with van der Waals surface area (Å²) in [6.07, 6.45) is 1.51. The van der Waals surface area contributed by atoms with Crippen molar-refractivity contribution < 1.29 is 5.11 Å². The molecule has 1 atom stereocenters. The summed E-state index contributed by atoms with van der Waals surface area (Å²) in [6.45, 7) is 0.183. The Hall–Kier alpha value is -0.0900. The van der Waals surface area contributed by atoms with E-state index in [1.54, 1.807) is 0 Å². The molecule has 0 fully saturated rings. The lowest BCUT2D eigenvalue weighted by Crippen LogP contribution is -2.10. The first-order valence-corrected chi connectivity index (χ1v) is 5.63. The van der Waals surface area contributed by atoms with Gasteiger partial charge in [-0.25, -0.2) is 0 Å². The quantitative estimate of drug-likeness (QED) is 0.889. The van der Waals surface area contributed by atoms with E-state index in [9.17, 15) is 0 Å². The van der Waals surface area contributed by atoms with Gasteiger partial charge >= 0.3 is 0 Å². The summed E-state index contributed by atoms with van der Waals surface area (Å²) >= 11 is 9.21. The molecule has 4 heteroatoms. The van der Waals surface area contributed by atoms with E-state index in [1.807, 2.05) is 18.2 Å². The monoisotopic (exact) mass is 277 g/mol. The van der Waals surface area contributed by atoms with E-state index < -0.39 is 0 Å². The highest BCUT2D eigenvalue weighted by atomic mass is 79.9. The molecule has 2 nitrogen and oxygen atoms in total. The molecule has 0 spiro atoms. The van der Waals surface area contributed by atoms with Crippen molar-refractivity contribution in [1.29, 1.82) is 0 Å². The number of hydrogen-bond donors (Lipinski definition) is 2. The van der Waals surface area contributed by atoms with Crippen LogP contribution in [0.3, 0.4) is 0 Å². The smallest absolute Gasteiger partial charge is 0.0548 e. The molecule has 0 aliphatic rings. The van der Waals surface area contributed by atoms with Gasteiger partial charge in [-0.1, -0.05) is 17.7 Å². The van der Waals surface area contributed by atoms with Crippen molar-refractivity contribution in [2.45, 2.75) is 18.9 Å². The van der Waals surface area contributed by atoms with Crippen LogP contribution < -0.4 is 5.73 Å². The fourth-order valence-corrected chi connectivity index (χ4v) is 1.73. The van der Waals surface area contributed by atoms with Gasteiger partial charge in [-0.15, -0.1) is 0 Å². The first-order chi connectivity index (χ1) is 6.65. The molecule has 0 saturated heterocycles. The summed E-state index contributed by atoms with van der Waals surface area (Å²) in [7, 11) is 0. The SMILES string of the molecule is N[C@@H](CCCO)c1ccc(Cl)c(Br)c1. The van der Waals surface area contributed by atoms with Crippen LogP contribution >= 0.6 is 27.5 Å². The Kier molecular flexibility index (Phi) is 4.89. The summed E-state index contributed by atoms with van der Waals surface area (Å²) in [6, 6.07) is 5.62. The number of aliphatic hydroxyl groups is 1. The van der Waals surface area contributed by atoms with Gasteiger partial charge in [0.05, 0.1) is 5.02 Å². The highest BCUT2D eigenvalue weighted by Gasteiger charge is 2.07. The molecule has 0 bridgehead atoms. The van der Waals surface area contributed by atoms with Crippen LogP contribution in [0.2, 0.25) is 5.02 Å². The molecule has 0 aliphatic heterocycles. The van der Waals surface area contributed by atoms with Crippen LogP contribution in [0, 0.1) is 0 Å². The summed E-state index contributed by atoms with van der Waals surface area (Å²) in [4.78, 5) is 0. The molecule has 0 unspecified atom stereocenters. The summed E-state index contributed by atoms with van der Waals surface area (Å²) in [5.41, 5.74) is 6.96. The number of hydrogen-bond acceptors (Lipinski definition) is 2. The molecule has 0 heterocycles. The molecule has 1 rings (SSSR count). The Balaban J connectivity index is 2.70. The summed E-state index contributed by atoms with van der Waals surface area (Å²) < 4.78 is 0.858. The predicted molar refractivity (Wildman–Crippen MR) is 62.4 cm³/mol. The lowest BCUT2D eigenvalue weighted by molar-refractivity contribution is 0.280. The van der Waals surface area contributed by atoms with Crippen LogP contribution in [0.5, 0.6) is 0 Å². The summed E-state index contributed by atoms with van der Waals surface area (Å²) in [5.74, 6) is 0. The normalized spacial score (nSPS) is 12.9. The van der Waals surface area contributed by atoms with Gasteiger partial charge in [0.25, 0.3) is 0 Å². The second-order valence-corrected chi connectivity index (χ2v) is 4.41. The van der Waals surface area contributed by atoms with E-state index in [0.717, 1.165) is 22.9 Å². The maximum atomic E-state index is 8.67. The Labute approximate surface area is 97.2 Å². The molecule has 1 aromatic rings. The molecule has 78 valence electrons. The highest BCUT2D eigenvalue weighted by molar-refractivity contribution is 9.10. The molecule has 0 radical (unpaired) electrons. The highest BCUT2D eigenvalue weighted by Crippen LogP contribution is 2.26. The second-order valence-electron chi connectivity index (χ2n) is 3.15. The Morgan fingerprint density at radius 2 is 2.21 bits per heavy atom. The van der Waals surface area contributed by atoms with Gasteiger partial charge in [-0.2, -0.15) is 0 Å². The minimum atomic E-state index is -0.0317. The largest absolute Gasteiger partial charge is 0.396 e. The van der Waals surface area contributed by atoms with E-state index in [2.05, 4.69) is 15.9 Å². The van der Waals surface area contributed by atoms with Gasteiger partial charge in [0, 0.05) is 17.1 Å². The third kappa shape index (κ3) is 3.24. The van der Waals surface area contributed by atoms with Gasteiger partial charge in [-0.3, -0.25) is 0 Å². The lowest BCUT2D eigenvalue weighted by Gasteiger charge is -2.11. The third-order valence-electron chi connectivity index (χ3n) is 2.05. The van der Waals surface area contributed by atoms with Gasteiger partial charge in [0.15, 0.2) is 0 Å². The van der Waals surface area contributed by atoms with Crippen LogP contribution in [0.25, 0.3) is 0 Å². The number of halogens is 2. The van der Waals surface area contributed by atoms with Crippen molar-refractivity contribution in [3.8, 4) is 0 Å². The van der Waals surface area contributed by atoms with Gasteiger partial charge in [-0.05, 0) is 46.5 Å². The molecule has 0 saturated carbocycles. The maximum absolute atomic E-state index is 8.67. The van der Waals surface area contributed by atoms with E-state index in [-0.39, 0.29) is 12.6 Å². The van der Waals surface area contributed by atoms with Crippen LogP contribution in [0.4, 0.5) is 0 Å². The van der Waals surface area contributed by atoms with Gasteiger partial charge in [0.1, 0.15) is 0 Å². The standard InChI is InChI=1S/C10H13BrClNO/c11-8-6-7(3-4-9(8)12)10(13)2-1-5-14/h3-4,6,10,14H,1-2,5,13H2/t10-/m0/s1. The first-order valence-electron chi connectivity index (χ1n) is 4.46. The third-order valence-corrected chi connectivity index (χ3v) is 3.26. The molecule has 1 aromatic carbocycles. The van der Waals surface area contributed by atoms with E-state index >= 15 is 0 Å². The zero-order chi connectivity index (χ0) is 10.6. The zero-order valence-corrected chi connectivity index (χ0v) is 10.1.